The Hall–Kier alpha value is -2.17. The summed E-state index contributed by atoms with van der Waals surface area (Å²) in [5.74, 6) is -1.83. The van der Waals surface area contributed by atoms with Crippen LogP contribution in [0.4, 0.5) is 0 Å². The molecule has 5 nitrogen and oxygen atoms in total. The van der Waals surface area contributed by atoms with E-state index in [2.05, 4.69) is 0 Å². The van der Waals surface area contributed by atoms with Crippen molar-refractivity contribution >= 4 is 17.8 Å². The second-order valence-corrected chi connectivity index (χ2v) is 5.37. The monoisotopic (exact) mass is 275 g/mol. The van der Waals surface area contributed by atoms with Gasteiger partial charge >= 0.3 is 5.97 Å². The predicted molar refractivity (Wildman–Crippen MR) is 72.7 cm³/mol. The molecule has 0 aromatic heterocycles. The highest BCUT2D eigenvalue weighted by molar-refractivity contribution is 6.22. The maximum Gasteiger partial charge on any atom is 0.303 e. The minimum absolute atomic E-state index is 0.0641. The number of aliphatic carboxylic acids is 1. The summed E-state index contributed by atoms with van der Waals surface area (Å²) in [6, 6.07) is 3.65. The summed E-state index contributed by atoms with van der Waals surface area (Å²) in [6.07, 6.45) is -0.0641. The predicted octanol–water partition coefficient (Wildman–Crippen LogP) is 2.01. The van der Waals surface area contributed by atoms with Crippen LogP contribution in [0.3, 0.4) is 0 Å². The number of aryl methyl sites for hydroxylation is 2. The highest BCUT2D eigenvalue weighted by Gasteiger charge is 2.38. The molecule has 106 valence electrons. The molecular formula is C15H17NO4. The molecule has 1 N–H and O–H groups in total. The number of carbonyl (C=O) groups is 3. The zero-order valence-corrected chi connectivity index (χ0v) is 11.8. The summed E-state index contributed by atoms with van der Waals surface area (Å²) in [5, 5.41) is 8.76. The minimum Gasteiger partial charge on any atom is -0.481 e. The van der Waals surface area contributed by atoms with E-state index in [0.717, 1.165) is 16.0 Å². The van der Waals surface area contributed by atoms with Crippen LogP contribution in [0.2, 0.25) is 0 Å². The van der Waals surface area contributed by atoms with Crippen LogP contribution in [0.1, 0.15) is 45.2 Å². The third kappa shape index (κ3) is 2.31. The summed E-state index contributed by atoms with van der Waals surface area (Å²) in [5.41, 5.74) is 2.46. The van der Waals surface area contributed by atoms with Crippen LogP contribution in [0.5, 0.6) is 0 Å². The molecule has 0 fully saturated rings. The molecule has 1 aliphatic heterocycles. The number of carboxylic acids is 1. The maximum absolute atomic E-state index is 12.4. The fourth-order valence-electron chi connectivity index (χ4n) is 2.56. The number of hydrogen-bond acceptors (Lipinski definition) is 3. The molecule has 5 heteroatoms. The van der Waals surface area contributed by atoms with Crippen molar-refractivity contribution in [3.8, 4) is 0 Å². The van der Waals surface area contributed by atoms with E-state index in [-0.39, 0.29) is 30.7 Å². The SMILES string of the molecule is Cc1ccc(C)c2c1C(=O)N(CC(C)CC(=O)O)C2=O. The van der Waals surface area contributed by atoms with Crippen LogP contribution < -0.4 is 0 Å². The number of imide groups is 1. The van der Waals surface area contributed by atoms with Crippen molar-refractivity contribution in [1.29, 1.82) is 0 Å². The Bertz CT molecular complexity index is 565. The van der Waals surface area contributed by atoms with Crippen molar-refractivity contribution in [2.75, 3.05) is 6.54 Å². The van der Waals surface area contributed by atoms with Gasteiger partial charge in [0.1, 0.15) is 0 Å². The first-order valence-electron chi connectivity index (χ1n) is 6.51. The third-order valence-corrected chi connectivity index (χ3v) is 3.56. The van der Waals surface area contributed by atoms with Gasteiger partial charge in [0.05, 0.1) is 11.1 Å². The number of amides is 2. The van der Waals surface area contributed by atoms with Crippen molar-refractivity contribution in [3.63, 3.8) is 0 Å². The number of carboxylic acid groups (broad SMARTS) is 1. The summed E-state index contributed by atoms with van der Waals surface area (Å²) in [4.78, 5) is 36.6. The number of hydrogen-bond donors (Lipinski definition) is 1. The third-order valence-electron chi connectivity index (χ3n) is 3.56. The maximum atomic E-state index is 12.4. The van der Waals surface area contributed by atoms with Gasteiger partial charge in [-0.05, 0) is 30.9 Å². The van der Waals surface area contributed by atoms with Gasteiger partial charge in [-0.2, -0.15) is 0 Å². The zero-order valence-electron chi connectivity index (χ0n) is 11.8. The smallest absolute Gasteiger partial charge is 0.303 e. The standard InChI is InChI=1S/C15H17NO4/c1-8(6-11(17)18)7-16-14(19)12-9(2)4-5-10(3)13(12)15(16)20/h4-5,8H,6-7H2,1-3H3,(H,17,18). The number of carbonyl (C=O) groups excluding carboxylic acids is 2. The molecule has 0 spiro atoms. The largest absolute Gasteiger partial charge is 0.481 e. The summed E-state index contributed by atoms with van der Waals surface area (Å²) >= 11 is 0. The first-order chi connectivity index (χ1) is 9.32. The second kappa shape index (κ2) is 5.07. The molecule has 2 amide bonds. The molecule has 1 aliphatic rings. The minimum atomic E-state index is -0.929. The van der Waals surface area contributed by atoms with E-state index in [1.54, 1.807) is 20.8 Å². The Kier molecular flexibility index (Phi) is 3.61. The van der Waals surface area contributed by atoms with E-state index in [9.17, 15) is 14.4 Å². The fraction of sp³-hybridized carbons (Fsp3) is 0.400. The van der Waals surface area contributed by atoms with Crippen LogP contribution >= 0.6 is 0 Å². The van der Waals surface area contributed by atoms with Gasteiger partial charge in [-0.25, -0.2) is 0 Å². The van der Waals surface area contributed by atoms with Crippen molar-refractivity contribution in [2.24, 2.45) is 5.92 Å². The average molecular weight is 275 g/mol. The van der Waals surface area contributed by atoms with Gasteiger partial charge in [-0.1, -0.05) is 19.1 Å². The molecule has 1 aromatic carbocycles. The summed E-state index contributed by atoms with van der Waals surface area (Å²) in [7, 11) is 0. The first-order valence-corrected chi connectivity index (χ1v) is 6.51. The Labute approximate surface area is 117 Å². The molecule has 20 heavy (non-hydrogen) atoms. The Morgan fingerprint density at radius 2 is 1.60 bits per heavy atom. The normalized spacial score (nSPS) is 15.4. The second-order valence-electron chi connectivity index (χ2n) is 5.37. The van der Waals surface area contributed by atoms with Gasteiger partial charge in [0, 0.05) is 13.0 Å². The lowest BCUT2D eigenvalue weighted by molar-refractivity contribution is -0.138. The van der Waals surface area contributed by atoms with E-state index in [0.29, 0.717) is 11.1 Å². The molecule has 0 saturated heterocycles. The number of nitrogens with zero attached hydrogens (tertiary/aromatic N) is 1. The highest BCUT2D eigenvalue weighted by Crippen LogP contribution is 2.29. The molecule has 0 saturated carbocycles. The van der Waals surface area contributed by atoms with Gasteiger partial charge in [0.25, 0.3) is 11.8 Å². The molecule has 0 aliphatic carbocycles. The van der Waals surface area contributed by atoms with Gasteiger partial charge in [0.15, 0.2) is 0 Å². The topological polar surface area (TPSA) is 74.7 Å². The molecular weight excluding hydrogens is 258 g/mol. The average Bonchev–Trinajstić information content (AvgIpc) is 2.59. The van der Waals surface area contributed by atoms with Crippen LogP contribution in [-0.2, 0) is 4.79 Å². The Morgan fingerprint density at radius 3 is 2.00 bits per heavy atom. The number of fused-ring (bicyclic) bond motifs is 1. The fourth-order valence-corrected chi connectivity index (χ4v) is 2.56. The van der Waals surface area contributed by atoms with Crippen LogP contribution in [-0.4, -0.2) is 34.3 Å². The molecule has 1 atom stereocenters. The van der Waals surface area contributed by atoms with Gasteiger partial charge in [-0.3, -0.25) is 19.3 Å². The number of rotatable bonds is 4. The summed E-state index contributed by atoms with van der Waals surface area (Å²) in [6.45, 7) is 5.45. The molecule has 1 unspecified atom stereocenters. The van der Waals surface area contributed by atoms with E-state index in [1.165, 1.54) is 0 Å². The van der Waals surface area contributed by atoms with Crippen molar-refractivity contribution in [2.45, 2.75) is 27.2 Å². The molecule has 0 bridgehead atoms. The van der Waals surface area contributed by atoms with Crippen LogP contribution in [0, 0.1) is 19.8 Å². The van der Waals surface area contributed by atoms with Gasteiger partial charge in [-0.15, -0.1) is 0 Å². The van der Waals surface area contributed by atoms with E-state index in [4.69, 9.17) is 5.11 Å². The quantitative estimate of drug-likeness (QED) is 0.853. The van der Waals surface area contributed by atoms with Crippen LogP contribution in [0.25, 0.3) is 0 Å². The first kappa shape index (κ1) is 14.2. The van der Waals surface area contributed by atoms with Gasteiger partial charge < -0.3 is 5.11 Å². The lowest BCUT2D eigenvalue weighted by Crippen LogP contribution is -2.34. The number of benzene rings is 1. The zero-order chi connectivity index (χ0) is 15.0. The van der Waals surface area contributed by atoms with Crippen molar-refractivity contribution < 1.29 is 19.5 Å². The molecule has 1 heterocycles. The van der Waals surface area contributed by atoms with E-state index < -0.39 is 5.97 Å². The lowest BCUT2D eigenvalue weighted by Gasteiger charge is -2.18. The molecule has 0 radical (unpaired) electrons. The van der Waals surface area contributed by atoms with Crippen molar-refractivity contribution in [1.82, 2.24) is 4.90 Å². The Balaban J connectivity index is 2.31. The van der Waals surface area contributed by atoms with Gasteiger partial charge in [0.2, 0.25) is 0 Å². The molecule has 2 rings (SSSR count). The lowest BCUT2D eigenvalue weighted by atomic mass is 9.99. The Morgan fingerprint density at radius 1 is 1.15 bits per heavy atom. The van der Waals surface area contributed by atoms with E-state index in [1.807, 2.05) is 12.1 Å². The van der Waals surface area contributed by atoms with Crippen molar-refractivity contribution in [3.05, 3.63) is 34.4 Å². The van der Waals surface area contributed by atoms with E-state index >= 15 is 0 Å². The summed E-state index contributed by atoms with van der Waals surface area (Å²) < 4.78 is 0. The molecule has 1 aromatic rings. The highest BCUT2D eigenvalue weighted by atomic mass is 16.4. The van der Waals surface area contributed by atoms with Crippen LogP contribution in [0.15, 0.2) is 12.1 Å².